The molecule has 0 unspecified atom stereocenters. The van der Waals surface area contributed by atoms with Gasteiger partial charge >= 0.3 is 0 Å². The van der Waals surface area contributed by atoms with Crippen molar-refractivity contribution in [1.29, 1.82) is 0 Å². The van der Waals surface area contributed by atoms with Crippen molar-refractivity contribution in [2.24, 2.45) is 0 Å². The van der Waals surface area contributed by atoms with Crippen LogP contribution in [0.5, 0.6) is 0 Å². The van der Waals surface area contributed by atoms with Crippen LogP contribution in [0.2, 0.25) is 0 Å². The molecule has 30 heavy (non-hydrogen) atoms. The highest BCUT2D eigenvalue weighted by Crippen LogP contribution is 2.08. The molecular weight excluding hydrogens is 408 g/mol. The van der Waals surface area contributed by atoms with E-state index in [1.807, 2.05) is 72.8 Å². The van der Waals surface area contributed by atoms with Gasteiger partial charge in [0.05, 0.1) is 0 Å². The minimum Gasteiger partial charge on any atom is -0.287 e. The fourth-order valence-corrected chi connectivity index (χ4v) is 3.05. The molecule has 2 nitrogen and oxygen atoms in total. The van der Waals surface area contributed by atoms with Gasteiger partial charge in [-0.15, -0.1) is 25.3 Å². The highest BCUT2D eigenvalue weighted by atomic mass is 32.1. The zero-order valence-corrected chi connectivity index (χ0v) is 17.8. The topological polar surface area (TPSA) is 34.1 Å². The molecule has 0 radical (unpaired) electrons. The van der Waals surface area contributed by atoms with Gasteiger partial charge in [0.25, 0.3) is 0 Å². The molecule has 0 amide bonds. The van der Waals surface area contributed by atoms with Gasteiger partial charge in [-0.05, 0) is 59.7 Å². The molecule has 0 aromatic heterocycles. The maximum Gasteiger partial charge on any atom is 0.190 e. The molecule has 0 saturated heterocycles. The lowest BCUT2D eigenvalue weighted by Crippen LogP contribution is -1.92. The van der Waals surface area contributed by atoms with Crippen LogP contribution in [-0.2, 0) is 22.4 Å². The molecule has 0 atom stereocenters. The van der Waals surface area contributed by atoms with Crippen molar-refractivity contribution in [3.8, 4) is 23.7 Å². The van der Waals surface area contributed by atoms with E-state index in [1.165, 1.54) is 0 Å². The zero-order chi connectivity index (χ0) is 21.3. The molecule has 0 aliphatic carbocycles. The maximum absolute atomic E-state index is 11.0. The lowest BCUT2D eigenvalue weighted by Gasteiger charge is -1.97. The van der Waals surface area contributed by atoms with E-state index in [9.17, 15) is 9.59 Å². The number of rotatable bonds is 4. The van der Waals surface area contributed by atoms with Gasteiger partial charge in [0, 0.05) is 35.1 Å². The van der Waals surface area contributed by atoms with Gasteiger partial charge in [-0.25, -0.2) is 0 Å². The lowest BCUT2D eigenvalue weighted by atomic mass is 10.1. The van der Waals surface area contributed by atoms with Crippen LogP contribution in [0.15, 0.2) is 72.8 Å². The Hall–Kier alpha value is -3.18. The van der Waals surface area contributed by atoms with Crippen molar-refractivity contribution in [3.05, 3.63) is 106 Å². The van der Waals surface area contributed by atoms with Gasteiger partial charge in [-0.2, -0.15) is 0 Å². The predicted molar refractivity (Wildman–Crippen MR) is 127 cm³/mol. The van der Waals surface area contributed by atoms with Crippen molar-refractivity contribution in [3.63, 3.8) is 0 Å². The van der Waals surface area contributed by atoms with Crippen molar-refractivity contribution >= 4 is 35.5 Å². The van der Waals surface area contributed by atoms with Crippen LogP contribution < -0.4 is 0 Å². The summed E-state index contributed by atoms with van der Waals surface area (Å²) in [6.07, 6.45) is 0.636. The summed E-state index contributed by atoms with van der Waals surface area (Å²) in [4.78, 5) is 22.0. The summed E-state index contributed by atoms with van der Waals surface area (Å²) >= 11 is 7.59. The minimum atomic E-state index is -0.154. The van der Waals surface area contributed by atoms with Crippen molar-refractivity contribution in [2.75, 3.05) is 0 Å². The van der Waals surface area contributed by atoms with E-state index in [1.54, 1.807) is 0 Å². The summed E-state index contributed by atoms with van der Waals surface area (Å²) in [6, 6.07) is 22.9. The Morgan fingerprint density at radius 1 is 0.500 bits per heavy atom. The second-order valence-electron chi connectivity index (χ2n) is 6.61. The van der Waals surface area contributed by atoms with Gasteiger partial charge in [0.15, 0.2) is 10.2 Å². The molecule has 0 heterocycles. The normalized spacial score (nSPS) is 9.67. The zero-order valence-electron chi connectivity index (χ0n) is 16.1. The molecule has 0 fully saturated rings. The van der Waals surface area contributed by atoms with E-state index < -0.39 is 0 Å². The standard InChI is InChI=1S/C26H18O2S2/c27-25(29)17-23-13-9-21(10-14-23)7-5-19-1-2-20(4-3-19)6-8-22-11-15-24(16-12-22)18-26(28)30/h1-4,9-16H,17-18H2,(H,27,29)(H,28,30). The molecule has 4 heteroatoms. The van der Waals surface area contributed by atoms with Gasteiger partial charge in [0.2, 0.25) is 0 Å². The van der Waals surface area contributed by atoms with E-state index in [0.29, 0.717) is 12.8 Å². The highest BCUT2D eigenvalue weighted by Gasteiger charge is 1.98. The Morgan fingerprint density at radius 2 is 0.733 bits per heavy atom. The third-order valence-electron chi connectivity index (χ3n) is 4.21. The van der Waals surface area contributed by atoms with Crippen LogP contribution in [0.4, 0.5) is 0 Å². The third-order valence-corrected chi connectivity index (χ3v) is 4.52. The van der Waals surface area contributed by atoms with E-state index in [-0.39, 0.29) is 10.2 Å². The quantitative estimate of drug-likeness (QED) is 0.476. The van der Waals surface area contributed by atoms with E-state index in [4.69, 9.17) is 0 Å². The Bertz CT molecular complexity index is 1070. The maximum atomic E-state index is 11.0. The van der Waals surface area contributed by atoms with Gasteiger partial charge in [-0.1, -0.05) is 47.9 Å². The van der Waals surface area contributed by atoms with Crippen molar-refractivity contribution < 1.29 is 9.59 Å². The Kier molecular flexibility index (Phi) is 7.57. The first kappa shape index (κ1) is 21.5. The van der Waals surface area contributed by atoms with E-state index >= 15 is 0 Å². The summed E-state index contributed by atoms with van der Waals surface area (Å²) in [5, 5.41) is -0.307. The van der Waals surface area contributed by atoms with Crippen LogP contribution in [0, 0.1) is 23.7 Å². The molecule has 0 N–H and O–H groups in total. The molecular formula is C26H18O2S2. The summed E-state index contributed by atoms with van der Waals surface area (Å²) in [7, 11) is 0. The van der Waals surface area contributed by atoms with E-state index in [0.717, 1.165) is 33.4 Å². The molecule has 3 aromatic carbocycles. The number of hydrogen-bond acceptors (Lipinski definition) is 2. The largest absolute Gasteiger partial charge is 0.287 e. The number of carbonyl (C=O) groups excluding carboxylic acids is 2. The number of hydrogen-bond donors (Lipinski definition) is 2. The Balaban J connectivity index is 1.63. The molecule has 0 spiro atoms. The molecule has 0 saturated carbocycles. The monoisotopic (exact) mass is 426 g/mol. The second-order valence-corrected chi connectivity index (χ2v) is 7.61. The van der Waals surface area contributed by atoms with Crippen molar-refractivity contribution in [1.82, 2.24) is 0 Å². The van der Waals surface area contributed by atoms with Crippen LogP contribution in [0.25, 0.3) is 0 Å². The van der Waals surface area contributed by atoms with Gasteiger partial charge in [0.1, 0.15) is 0 Å². The third kappa shape index (κ3) is 7.01. The van der Waals surface area contributed by atoms with Crippen LogP contribution in [0.3, 0.4) is 0 Å². The number of benzene rings is 3. The van der Waals surface area contributed by atoms with Gasteiger partial charge < -0.3 is 0 Å². The Morgan fingerprint density at radius 3 is 0.967 bits per heavy atom. The second kappa shape index (κ2) is 10.6. The van der Waals surface area contributed by atoms with Crippen LogP contribution in [-0.4, -0.2) is 10.2 Å². The molecule has 0 bridgehead atoms. The summed E-state index contributed by atoms with van der Waals surface area (Å²) in [5.41, 5.74) is 5.42. The van der Waals surface area contributed by atoms with Crippen LogP contribution >= 0.6 is 25.3 Å². The number of carbonyl (C=O) groups is 2. The summed E-state index contributed by atoms with van der Waals surface area (Å²) < 4.78 is 0. The smallest absolute Gasteiger partial charge is 0.190 e. The first-order chi connectivity index (χ1) is 14.5. The first-order valence-electron chi connectivity index (χ1n) is 9.23. The average molecular weight is 427 g/mol. The number of thiol groups is 2. The fourth-order valence-electron chi connectivity index (χ4n) is 2.69. The summed E-state index contributed by atoms with van der Waals surface area (Å²) in [6.45, 7) is 0. The van der Waals surface area contributed by atoms with Crippen LogP contribution in [0.1, 0.15) is 33.4 Å². The first-order valence-corrected chi connectivity index (χ1v) is 10.1. The van der Waals surface area contributed by atoms with Crippen molar-refractivity contribution in [2.45, 2.75) is 12.8 Å². The predicted octanol–water partition coefficient (Wildman–Crippen LogP) is 4.48. The minimum absolute atomic E-state index is 0.154. The molecule has 0 aliphatic heterocycles. The van der Waals surface area contributed by atoms with E-state index in [2.05, 4.69) is 48.9 Å². The Labute approximate surface area is 187 Å². The highest BCUT2D eigenvalue weighted by molar-refractivity contribution is 7.96. The lowest BCUT2D eigenvalue weighted by molar-refractivity contribution is -0.111. The molecule has 146 valence electrons. The average Bonchev–Trinajstić information content (AvgIpc) is 2.73. The fraction of sp³-hybridized carbons (Fsp3) is 0.0769. The molecule has 3 aromatic rings. The SMILES string of the molecule is O=C(S)Cc1ccc(C#Cc2ccc(C#Cc3ccc(CC(=O)S)cc3)cc2)cc1. The molecule has 0 aliphatic rings. The summed E-state index contributed by atoms with van der Waals surface area (Å²) in [5.74, 6) is 12.5. The van der Waals surface area contributed by atoms with Gasteiger partial charge in [-0.3, -0.25) is 9.59 Å². The molecule has 3 rings (SSSR count).